The van der Waals surface area contributed by atoms with Gasteiger partial charge in [0.15, 0.2) is 6.61 Å². The van der Waals surface area contributed by atoms with Gasteiger partial charge in [0.05, 0.1) is 0 Å². The van der Waals surface area contributed by atoms with Crippen LogP contribution in [0.5, 0.6) is 5.75 Å². The van der Waals surface area contributed by atoms with E-state index in [1.165, 1.54) is 12.1 Å². The molecule has 3 N–H and O–H groups in total. The standard InChI is InChI=1S/C12H15F3N2O/c13-12(14,15)7-18-11-3-1-9(2-4-11)17-10-5-8(16)6-10/h1-4,8,10,17H,5-7,16H2. The Labute approximate surface area is 103 Å². The molecule has 0 aliphatic heterocycles. The van der Waals surface area contributed by atoms with E-state index < -0.39 is 12.8 Å². The first kappa shape index (κ1) is 13.0. The number of benzene rings is 1. The van der Waals surface area contributed by atoms with Gasteiger partial charge in [-0.2, -0.15) is 13.2 Å². The minimum absolute atomic E-state index is 0.211. The molecule has 0 radical (unpaired) electrons. The minimum Gasteiger partial charge on any atom is -0.484 e. The zero-order valence-corrected chi connectivity index (χ0v) is 9.70. The van der Waals surface area contributed by atoms with Crippen molar-refractivity contribution < 1.29 is 17.9 Å². The zero-order valence-electron chi connectivity index (χ0n) is 9.70. The van der Waals surface area contributed by atoms with Crippen LogP contribution in [-0.4, -0.2) is 24.9 Å². The molecule has 1 saturated carbocycles. The van der Waals surface area contributed by atoms with Gasteiger partial charge in [0.1, 0.15) is 5.75 Å². The molecule has 1 aromatic carbocycles. The maximum absolute atomic E-state index is 11.9. The van der Waals surface area contributed by atoms with Crippen LogP contribution in [0.4, 0.5) is 18.9 Å². The summed E-state index contributed by atoms with van der Waals surface area (Å²) in [6, 6.07) is 7.07. The van der Waals surface area contributed by atoms with E-state index in [4.69, 9.17) is 5.73 Å². The Balaban J connectivity index is 1.82. The van der Waals surface area contributed by atoms with Crippen molar-refractivity contribution in [1.82, 2.24) is 0 Å². The molecule has 0 bridgehead atoms. The van der Waals surface area contributed by atoms with Gasteiger partial charge in [-0.15, -0.1) is 0 Å². The Kier molecular flexibility index (Phi) is 3.65. The van der Waals surface area contributed by atoms with Crippen LogP contribution >= 0.6 is 0 Å². The van der Waals surface area contributed by atoms with Crippen molar-refractivity contribution in [2.24, 2.45) is 5.73 Å². The summed E-state index contributed by atoms with van der Waals surface area (Å²) in [7, 11) is 0. The third kappa shape index (κ3) is 3.80. The van der Waals surface area contributed by atoms with Crippen molar-refractivity contribution in [1.29, 1.82) is 0 Å². The first-order valence-electron chi connectivity index (χ1n) is 5.74. The molecule has 0 spiro atoms. The van der Waals surface area contributed by atoms with Crippen LogP contribution in [0.15, 0.2) is 24.3 Å². The fourth-order valence-corrected chi connectivity index (χ4v) is 1.83. The molecule has 1 aliphatic carbocycles. The Morgan fingerprint density at radius 2 is 1.83 bits per heavy atom. The average molecular weight is 260 g/mol. The number of halogens is 3. The van der Waals surface area contributed by atoms with E-state index in [1.54, 1.807) is 12.1 Å². The highest BCUT2D eigenvalue weighted by molar-refractivity contribution is 5.47. The summed E-state index contributed by atoms with van der Waals surface area (Å²) in [5.41, 5.74) is 6.53. The van der Waals surface area contributed by atoms with Crippen LogP contribution in [0, 0.1) is 0 Å². The summed E-state index contributed by atoms with van der Waals surface area (Å²) in [5.74, 6) is 0.211. The Morgan fingerprint density at radius 3 is 2.33 bits per heavy atom. The van der Waals surface area contributed by atoms with E-state index >= 15 is 0 Å². The van der Waals surface area contributed by atoms with Gasteiger partial charge in [0, 0.05) is 17.8 Å². The maximum Gasteiger partial charge on any atom is 0.422 e. The SMILES string of the molecule is NC1CC(Nc2ccc(OCC(F)(F)F)cc2)C1. The number of hydrogen-bond acceptors (Lipinski definition) is 3. The summed E-state index contributed by atoms with van der Waals surface area (Å²) >= 11 is 0. The molecule has 0 amide bonds. The lowest BCUT2D eigenvalue weighted by Crippen LogP contribution is -2.44. The first-order valence-corrected chi connectivity index (χ1v) is 5.74. The molecule has 2 rings (SSSR count). The molecule has 0 heterocycles. The van der Waals surface area contributed by atoms with E-state index in [2.05, 4.69) is 10.1 Å². The quantitative estimate of drug-likeness (QED) is 0.874. The maximum atomic E-state index is 11.9. The summed E-state index contributed by atoms with van der Waals surface area (Å²) < 4.78 is 40.4. The monoisotopic (exact) mass is 260 g/mol. The van der Waals surface area contributed by atoms with Crippen molar-refractivity contribution in [3.05, 3.63) is 24.3 Å². The number of hydrogen-bond donors (Lipinski definition) is 2. The van der Waals surface area contributed by atoms with Crippen molar-refractivity contribution >= 4 is 5.69 Å². The van der Waals surface area contributed by atoms with Gasteiger partial charge in [-0.1, -0.05) is 0 Å². The van der Waals surface area contributed by atoms with Crippen molar-refractivity contribution in [3.63, 3.8) is 0 Å². The third-order valence-corrected chi connectivity index (χ3v) is 2.80. The molecule has 0 atom stereocenters. The molecule has 0 saturated heterocycles. The molecule has 3 nitrogen and oxygen atoms in total. The molecule has 18 heavy (non-hydrogen) atoms. The lowest BCUT2D eigenvalue weighted by Gasteiger charge is -2.33. The summed E-state index contributed by atoms with van der Waals surface area (Å²) in [6.07, 6.45) is -2.46. The number of nitrogens with one attached hydrogen (secondary N) is 1. The molecule has 1 aromatic rings. The van der Waals surface area contributed by atoms with Gasteiger partial charge in [0.2, 0.25) is 0 Å². The Morgan fingerprint density at radius 1 is 1.22 bits per heavy atom. The van der Waals surface area contributed by atoms with Crippen LogP contribution in [0.3, 0.4) is 0 Å². The second-order valence-electron chi connectivity index (χ2n) is 4.50. The van der Waals surface area contributed by atoms with Gasteiger partial charge < -0.3 is 15.8 Å². The third-order valence-electron chi connectivity index (χ3n) is 2.80. The molecule has 100 valence electrons. The highest BCUT2D eigenvalue weighted by atomic mass is 19.4. The molecular formula is C12H15F3N2O. The number of rotatable bonds is 4. The van der Waals surface area contributed by atoms with E-state index in [0.717, 1.165) is 18.5 Å². The second-order valence-corrected chi connectivity index (χ2v) is 4.50. The summed E-state index contributed by atoms with van der Waals surface area (Å²) in [6.45, 7) is -1.27. The van der Waals surface area contributed by atoms with E-state index in [9.17, 15) is 13.2 Å². The van der Waals surface area contributed by atoms with Crippen molar-refractivity contribution in [2.45, 2.75) is 31.1 Å². The number of nitrogens with two attached hydrogens (primary N) is 1. The molecule has 1 fully saturated rings. The highest BCUT2D eigenvalue weighted by Crippen LogP contribution is 2.24. The number of anilines is 1. The highest BCUT2D eigenvalue weighted by Gasteiger charge is 2.28. The lowest BCUT2D eigenvalue weighted by molar-refractivity contribution is -0.153. The molecule has 6 heteroatoms. The number of alkyl halides is 3. The van der Waals surface area contributed by atoms with Crippen molar-refractivity contribution in [2.75, 3.05) is 11.9 Å². The van der Waals surface area contributed by atoms with Gasteiger partial charge >= 0.3 is 6.18 Å². The van der Waals surface area contributed by atoms with E-state index in [-0.39, 0.29) is 11.8 Å². The first-order chi connectivity index (χ1) is 8.42. The van der Waals surface area contributed by atoms with Gasteiger partial charge in [0.25, 0.3) is 0 Å². The van der Waals surface area contributed by atoms with Crippen LogP contribution < -0.4 is 15.8 Å². The second kappa shape index (κ2) is 5.06. The van der Waals surface area contributed by atoms with Crippen molar-refractivity contribution in [3.8, 4) is 5.75 Å². The van der Waals surface area contributed by atoms with Crippen LogP contribution in [0.1, 0.15) is 12.8 Å². The smallest absolute Gasteiger partial charge is 0.422 e. The normalized spacial score (nSPS) is 23.3. The average Bonchev–Trinajstić information content (AvgIpc) is 2.25. The van der Waals surface area contributed by atoms with E-state index in [1.807, 2.05) is 0 Å². The van der Waals surface area contributed by atoms with Gasteiger partial charge in [-0.3, -0.25) is 0 Å². The Bertz CT molecular complexity index is 385. The van der Waals surface area contributed by atoms with Crippen LogP contribution in [0.25, 0.3) is 0 Å². The molecule has 0 aromatic heterocycles. The zero-order chi connectivity index (χ0) is 13.2. The fraction of sp³-hybridized carbons (Fsp3) is 0.500. The minimum atomic E-state index is -4.31. The molecule has 0 unspecified atom stereocenters. The van der Waals surface area contributed by atoms with Crippen LogP contribution in [0.2, 0.25) is 0 Å². The number of ether oxygens (including phenoxy) is 1. The summed E-state index contributed by atoms with van der Waals surface area (Å²) in [4.78, 5) is 0. The van der Waals surface area contributed by atoms with E-state index in [0.29, 0.717) is 6.04 Å². The fourth-order valence-electron chi connectivity index (χ4n) is 1.83. The van der Waals surface area contributed by atoms with Gasteiger partial charge in [-0.25, -0.2) is 0 Å². The predicted molar refractivity (Wildman–Crippen MR) is 62.6 cm³/mol. The lowest BCUT2D eigenvalue weighted by atomic mass is 9.87. The van der Waals surface area contributed by atoms with Gasteiger partial charge in [-0.05, 0) is 37.1 Å². The largest absolute Gasteiger partial charge is 0.484 e. The molecular weight excluding hydrogens is 245 g/mol. The molecule has 1 aliphatic rings. The summed E-state index contributed by atoms with van der Waals surface area (Å²) in [5, 5.41) is 3.25. The topological polar surface area (TPSA) is 47.3 Å². The predicted octanol–water partition coefficient (Wildman–Crippen LogP) is 2.53. The Hall–Kier alpha value is -1.43. The van der Waals surface area contributed by atoms with Crippen LogP contribution in [-0.2, 0) is 0 Å².